The Hall–Kier alpha value is -2.52. The summed E-state index contributed by atoms with van der Waals surface area (Å²) >= 11 is 5.99. The third-order valence-electron chi connectivity index (χ3n) is 3.48. The first-order valence-corrected chi connectivity index (χ1v) is 7.68. The highest BCUT2D eigenvalue weighted by Gasteiger charge is 2.14. The standard InChI is InChI=1S/C16H18ClN5O/c1-3-13(7-8-18)20-16(23)21-15-10-19-22(11(15)2)14-6-4-5-12(17)9-14/h4-6,9-10,13H,3,7H2,1-2H3,(H2,20,21,23). The number of nitriles is 1. The Balaban J connectivity index is 2.11. The number of hydrogen-bond acceptors (Lipinski definition) is 3. The average molecular weight is 332 g/mol. The first kappa shape index (κ1) is 16.8. The van der Waals surface area contributed by atoms with Crippen LogP contribution in [0.5, 0.6) is 0 Å². The number of nitrogens with one attached hydrogen (secondary N) is 2. The second kappa shape index (κ2) is 7.65. The van der Waals surface area contributed by atoms with Crippen LogP contribution in [0.25, 0.3) is 5.69 Å². The molecule has 2 amide bonds. The molecule has 0 saturated heterocycles. The van der Waals surface area contributed by atoms with Gasteiger partial charge < -0.3 is 10.6 Å². The van der Waals surface area contributed by atoms with Gasteiger partial charge >= 0.3 is 6.03 Å². The van der Waals surface area contributed by atoms with Crippen molar-refractivity contribution < 1.29 is 4.79 Å². The second-order valence-electron chi connectivity index (χ2n) is 5.10. The van der Waals surface area contributed by atoms with E-state index in [-0.39, 0.29) is 18.5 Å². The van der Waals surface area contributed by atoms with Gasteiger partial charge in [0.2, 0.25) is 0 Å². The van der Waals surface area contributed by atoms with E-state index in [1.54, 1.807) is 23.0 Å². The summed E-state index contributed by atoms with van der Waals surface area (Å²) in [6, 6.07) is 8.86. The Morgan fingerprint density at radius 1 is 1.52 bits per heavy atom. The van der Waals surface area contributed by atoms with Gasteiger partial charge in [0.15, 0.2) is 0 Å². The number of benzene rings is 1. The SMILES string of the molecule is CCC(CC#N)NC(=O)Nc1cnn(-c2cccc(Cl)c2)c1C. The zero-order chi connectivity index (χ0) is 16.8. The van der Waals surface area contributed by atoms with Crippen molar-refractivity contribution in [2.45, 2.75) is 32.7 Å². The Kier molecular flexibility index (Phi) is 5.61. The molecule has 0 aliphatic heterocycles. The van der Waals surface area contributed by atoms with Gasteiger partial charge in [-0.25, -0.2) is 9.48 Å². The third-order valence-corrected chi connectivity index (χ3v) is 3.71. The highest BCUT2D eigenvalue weighted by atomic mass is 35.5. The fraction of sp³-hybridized carbons (Fsp3) is 0.312. The number of urea groups is 1. The molecule has 2 aromatic rings. The maximum absolute atomic E-state index is 12.0. The Labute approximate surface area is 140 Å². The average Bonchev–Trinajstić information content (AvgIpc) is 2.88. The molecular formula is C16H18ClN5O. The van der Waals surface area contributed by atoms with Crippen molar-refractivity contribution in [3.63, 3.8) is 0 Å². The van der Waals surface area contributed by atoms with Gasteiger partial charge in [0, 0.05) is 11.1 Å². The van der Waals surface area contributed by atoms with Crippen molar-refractivity contribution in [2.24, 2.45) is 0 Å². The Bertz CT molecular complexity index is 734. The summed E-state index contributed by atoms with van der Waals surface area (Å²) < 4.78 is 1.70. The molecule has 0 aliphatic rings. The van der Waals surface area contributed by atoms with Gasteiger partial charge in [-0.3, -0.25) is 0 Å². The Morgan fingerprint density at radius 3 is 2.96 bits per heavy atom. The van der Waals surface area contributed by atoms with Crippen LogP contribution in [-0.4, -0.2) is 21.9 Å². The zero-order valence-corrected chi connectivity index (χ0v) is 13.8. The molecule has 0 spiro atoms. The van der Waals surface area contributed by atoms with E-state index in [1.807, 2.05) is 26.0 Å². The van der Waals surface area contributed by atoms with E-state index in [4.69, 9.17) is 16.9 Å². The summed E-state index contributed by atoms with van der Waals surface area (Å²) in [5, 5.41) is 19.2. The molecule has 120 valence electrons. The monoisotopic (exact) mass is 331 g/mol. The lowest BCUT2D eigenvalue weighted by Crippen LogP contribution is -2.37. The van der Waals surface area contributed by atoms with Crippen molar-refractivity contribution in [1.29, 1.82) is 5.26 Å². The van der Waals surface area contributed by atoms with Crippen molar-refractivity contribution in [1.82, 2.24) is 15.1 Å². The van der Waals surface area contributed by atoms with Crippen molar-refractivity contribution >= 4 is 23.3 Å². The van der Waals surface area contributed by atoms with Crippen LogP contribution in [0.15, 0.2) is 30.5 Å². The second-order valence-corrected chi connectivity index (χ2v) is 5.54. The maximum Gasteiger partial charge on any atom is 0.319 e. The zero-order valence-electron chi connectivity index (χ0n) is 13.0. The van der Waals surface area contributed by atoms with Crippen LogP contribution >= 0.6 is 11.6 Å². The van der Waals surface area contributed by atoms with Crippen LogP contribution in [-0.2, 0) is 0 Å². The molecule has 2 N–H and O–H groups in total. The molecule has 23 heavy (non-hydrogen) atoms. The van der Waals surface area contributed by atoms with Gasteiger partial charge in [0.1, 0.15) is 0 Å². The molecule has 6 nitrogen and oxygen atoms in total. The molecule has 0 saturated carbocycles. The number of halogens is 1. The summed E-state index contributed by atoms with van der Waals surface area (Å²) in [5.74, 6) is 0. The summed E-state index contributed by atoms with van der Waals surface area (Å²) in [6.07, 6.45) is 2.56. The highest BCUT2D eigenvalue weighted by Crippen LogP contribution is 2.20. The predicted molar refractivity (Wildman–Crippen MR) is 89.8 cm³/mol. The molecule has 2 rings (SSSR count). The van der Waals surface area contributed by atoms with Gasteiger partial charge in [-0.2, -0.15) is 10.4 Å². The fourth-order valence-corrected chi connectivity index (χ4v) is 2.34. The number of carbonyl (C=O) groups excluding carboxylic acids is 1. The number of nitrogens with zero attached hydrogens (tertiary/aromatic N) is 3. The molecule has 7 heteroatoms. The molecule has 1 atom stereocenters. The minimum absolute atomic E-state index is 0.164. The topological polar surface area (TPSA) is 82.7 Å². The molecule has 0 bridgehead atoms. The summed E-state index contributed by atoms with van der Waals surface area (Å²) in [4.78, 5) is 12.0. The van der Waals surface area contributed by atoms with Gasteiger partial charge in [0.25, 0.3) is 0 Å². The third kappa shape index (κ3) is 4.24. The van der Waals surface area contributed by atoms with Crippen LogP contribution in [0.1, 0.15) is 25.5 Å². The minimum atomic E-state index is -0.346. The van der Waals surface area contributed by atoms with Gasteiger partial charge in [-0.05, 0) is 31.5 Å². The minimum Gasteiger partial charge on any atom is -0.334 e. The quantitative estimate of drug-likeness (QED) is 0.877. The van der Waals surface area contributed by atoms with E-state index in [2.05, 4.69) is 21.8 Å². The van der Waals surface area contributed by atoms with E-state index in [0.29, 0.717) is 17.1 Å². The van der Waals surface area contributed by atoms with Crippen LogP contribution in [0, 0.1) is 18.3 Å². The highest BCUT2D eigenvalue weighted by molar-refractivity contribution is 6.30. The summed E-state index contributed by atoms with van der Waals surface area (Å²) in [7, 11) is 0. The van der Waals surface area contributed by atoms with Crippen LogP contribution < -0.4 is 10.6 Å². The van der Waals surface area contributed by atoms with E-state index in [9.17, 15) is 4.79 Å². The van der Waals surface area contributed by atoms with E-state index >= 15 is 0 Å². The van der Waals surface area contributed by atoms with Crippen molar-refractivity contribution in [3.05, 3.63) is 41.2 Å². The van der Waals surface area contributed by atoms with Crippen molar-refractivity contribution in [3.8, 4) is 11.8 Å². The molecule has 0 aliphatic carbocycles. The smallest absolute Gasteiger partial charge is 0.319 e. The maximum atomic E-state index is 12.0. The Morgan fingerprint density at radius 2 is 2.30 bits per heavy atom. The number of carbonyl (C=O) groups is 1. The van der Waals surface area contributed by atoms with Gasteiger partial charge in [0.05, 0.1) is 35.8 Å². The molecule has 0 radical (unpaired) electrons. The van der Waals surface area contributed by atoms with Crippen molar-refractivity contribution in [2.75, 3.05) is 5.32 Å². The number of aromatic nitrogens is 2. The lowest BCUT2D eigenvalue weighted by molar-refractivity contribution is 0.248. The normalized spacial score (nSPS) is 11.6. The van der Waals surface area contributed by atoms with Gasteiger partial charge in [-0.1, -0.05) is 24.6 Å². The first-order valence-electron chi connectivity index (χ1n) is 7.30. The molecule has 1 heterocycles. The summed E-state index contributed by atoms with van der Waals surface area (Å²) in [5.41, 5.74) is 2.21. The largest absolute Gasteiger partial charge is 0.334 e. The van der Waals surface area contributed by atoms with Crippen LogP contribution in [0.4, 0.5) is 10.5 Å². The molecular weight excluding hydrogens is 314 g/mol. The molecule has 1 aromatic carbocycles. The molecule has 1 aromatic heterocycles. The number of amides is 2. The summed E-state index contributed by atoms with van der Waals surface area (Å²) in [6.45, 7) is 3.78. The first-order chi connectivity index (χ1) is 11.0. The molecule has 0 fully saturated rings. The van der Waals surface area contributed by atoms with E-state index < -0.39 is 0 Å². The lowest BCUT2D eigenvalue weighted by atomic mass is 10.2. The number of rotatable bonds is 5. The van der Waals surface area contributed by atoms with Crippen LogP contribution in [0.2, 0.25) is 5.02 Å². The number of hydrogen-bond donors (Lipinski definition) is 2. The predicted octanol–water partition coefficient (Wildman–Crippen LogP) is 3.65. The fourth-order valence-electron chi connectivity index (χ4n) is 2.15. The van der Waals surface area contributed by atoms with Gasteiger partial charge in [-0.15, -0.1) is 0 Å². The lowest BCUT2D eigenvalue weighted by Gasteiger charge is -2.14. The van der Waals surface area contributed by atoms with E-state index in [0.717, 1.165) is 11.4 Å². The number of anilines is 1. The molecule has 1 unspecified atom stereocenters. The van der Waals surface area contributed by atoms with Crippen LogP contribution in [0.3, 0.4) is 0 Å². The van der Waals surface area contributed by atoms with E-state index in [1.165, 1.54) is 0 Å².